The monoisotopic (exact) mass is 237 g/mol. The summed E-state index contributed by atoms with van der Waals surface area (Å²) in [6.07, 6.45) is 2.82. The van der Waals surface area contributed by atoms with Crippen LogP contribution in [0.2, 0.25) is 0 Å². The molecule has 0 unspecified atom stereocenters. The standard InChI is InChI=1S/C14H23NO2/c1-11(14(2,3)4)15(5)13(16)9-8-12-7-6-10-17-12/h6-7,10-11H,8-9H2,1-5H3/t11-/m1/s1. The molecule has 17 heavy (non-hydrogen) atoms. The average Bonchev–Trinajstić information content (AvgIpc) is 2.75. The molecular formula is C14H23NO2. The summed E-state index contributed by atoms with van der Waals surface area (Å²) in [6.45, 7) is 8.53. The van der Waals surface area contributed by atoms with Crippen molar-refractivity contribution in [3.05, 3.63) is 24.2 Å². The van der Waals surface area contributed by atoms with Crippen LogP contribution in [0, 0.1) is 5.41 Å². The van der Waals surface area contributed by atoms with Crippen LogP contribution in [-0.2, 0) is 11.2 Å². The highest BCUT2D eigenvalue weighted by Gasteiger charge is 2.26. The van der Waals surface area contributed by atoms with Crippen molar-refractivity contribution in [2.75, 3.05) is 7.05 Å². The fourth-order valence-electron chi connectivity index (χ4n) is 1.66. The highest BCUT2D eigenvalue weighted by Crippen LogP contribution is 2.23. The highest BCUT2D eigenvalue weighted by molar-refractivity contribution is 5.76. The fraction of sp³-hybridized carbons (Fsp3) is 0.643. The summed E-state index contributed by atoms with van der Waals surface area (Å²) in [5, 5.41) is 0. The maximum atomic E-state index is 12.0. The van der Waals surface area contributed by atoms with Crippen LogP contribution in [-0.4, -0.2) is 23.9 Å². The molecule has 0 aliphatic rings. The van der Waals surface area contributed by atoms with Crippen LogP contribution >= 0.6 is 0 Å². The molecule has 3 heteroatoms. The second kappa shape index (κ2) is 5.39. The first-order valence-corrected chi connectivity index (χ1v) is 6.10. The Hall–Kier alpha value is -1.25. The second-order valence-corrected chi connectivity index (χ2v) is 5.63. The van der Waals surface area contributed by atoms with Crippen molar-refractivity contribution in [3.8, 4) is 0 Å². The fourth-order valence-corrected chi connectivity index (χ4v) is 1.66. The molecule has 1 atom stereocenters. The molecule has 0 N–H and O–H groups in total. The zero-order valence-electron chi connectivity index (χ0n) is 11.5. The first kappa shape index (κ1) is 13.8. The molecular weight excluding hydrogens is 214 g/mol. The molecule has 1 aromatic rings. The molecule has 1 rings (SSSR count). The van der Waals surface area contributed by atoms with Crippen LogP contribution < -0.4 is 0 Å². The van der Waals surface area contributed by atoms with Gasteiger partial charge in [0.15, 0.2) is 0 Å². The first-order valence-electron chi connectivity index (χ1n) is 6.10. The van der Waals surface area contributed by atoms with Crippen LogP contribution in [0.15, 0.2) is 22.8 Å². The molecule has 0 aromatic carbocycles. The third-order valence-electron chi connectivity index (χ3n) is 3.39. The Balaban J connectivity index is 2.47. The van der Waals surface area contributed by atoms with Crippen LogP contribution in [0.25, 0.3) is 0 Å². The lowest BCUT2D eigenvalue weighted by atomic mass is 9.87. The zero-order chi connectivity index (χ0) is 13.1. The van der Waals surface area contributed by atoms with Crippen LogP contribution in [0.4, 0.5) is 0 Å². The van der Waals surface area contributed by atoms with E-state index in [4.69, 9.17) is 4.42 Å². The maximum Gasteiger partial charge on any atom is 0.223 e. The van der Waals surface area contributed by atoms with Gasteiger partial charge < -0.3 is 9.32 Å². The molecule has 0 radical (unpaired) electrons. The molecule has 0 spiro atoms. The van der Waals surface area contributed by atoms with Crippen molar-refractivity contribution >= 4 is 5.91 Å². The van der Waals surface area contributed by atoms with Crippen molar-refractivity contribution in [2.24, 2.45) is 5.41 Å². The quantitative estimate of drug-likeness (QED) is 0.806. The lowest BCUT2D eigenvalue weighted by molar-refractivity contribution is -0.133. The van der Waals surface area contributed by atoms with E-state index in [-0.39, 0.29) is 17.4 Å². The molecule has 1 heterocycles. The summed E-state index contributed by atoms with van der Waals surface area (Å²) >= 11 is 0. The number of carbonyl (C=O) groups is 1. The Labute approximate surface area is 104 Å². The summed E-state index contributed by atoms with van der Waals surface area (Å²) in [7, 11) is 1.88. The molecule has 1 aromatic heterocycles. The summed E-state index contributed by atoms with van der Waals surface area (Å²) in [6, 6.07) is 3.98. The van der Waals surface area contributed by atoms with E-state index < -0.39 is 0 Å². The van der Waals surface area contributed by atoms with Crippen molar-refractivity contribution in [1.29, 1.82) is 0 Å². The van der Waals surface area contributed by atoms with Gasteiger partial charge in [0.1, 0.15) is 5.76 Å². The van der Waals surface area contributed by atoms with Gasteiger partial charge in [-0.15, -0.1) is 0 Å². The number of nitrogens with zero attached hydrogens (tertiary/aromatic N) is 1. The van der Waals surface area contributed by atoms with Gasteiger partial charge in [0.2, 0.25) is 5.91 Å². The molecule has 0 saturated carbocycles. The van der Waals surface area contributed by atoms with E-state index in [1.807, 2.05) is 24.1 Å². The zero-order valence-corrected chi connectivity index (χ0v) is 11.5. The number of aryl methyl sites for hydroxylation is 1. The number of rotatable bonds is 4. The molecule has 0 aliphatic carbocycles. The summed E-state index contributed by atoms with van der Waals surface area (Å²) in [4.78, 5) is 13.8. The van der Waals surface area contributed by atoms with Gasteiger partial charge in [0.05, 0.1) is 6.26 Å². The minimum Gasteiger partial charge on any atom is -0.469 e. The Morgan fingerprint density at radius 3 is 2.59 bits per heavy atom. The first-order chi connectivity index (χ1) is 7.82. The van der Waals surface area contributed by atoms with Gasteiger partial charge in [-0.1, -0.05) is 20.8 Å². The SMILES string of the molecule is C[C@@H](N(C)C(=O)CCc1ccco1)C(C)(C)C. The minimum atomic E-state index is 0.106. The summed E-state index contributed by atoms with van der Waals surface area (Å²) in [5.74, 6) is 1.04. The molecule has 0 fully saturated rings. The Bertz CT molecular complexity index is 349. The molecule has 3 nitrogen and oxygen atoms in total. The number of hydrogen-bond acceptors (Lipinski definition) is 2. The van der Waals surface area contributed by atoms with E-state index in [0.29, 0.717) is 12.8 Å². The molecule has 96 valence electrons. The Morgan fingerprint density at radius 2 is 2.12 bits per heavy atom. The maximum absolute atomic E-state index is 12.0. The van der Waals surface area contributed by atoms with E-state index >= 15 is 0 Å². The molecule has 0 saturated heterocycles. The lowest BCUT2D eigenvalue weighted by Gasteiger charge is -2.35. The van der Waals surface area contributed by atoms with Crippen molar-refractivity contribution < 1.29 is 9.21 Å². The van der Waals surface area contributed by atoms with Gasteiger partial charge in [0, 0.05) is 25.9 Å². The smallest absolute Gasteiger partial charge is 0.223 e. The van der Waals surface area contributed by atoms with E-state index in [2.05, 4.69) is 27.7 Å². The van der Waals surface area contributed by atoms with E-state index in [1.54, 1.807) is 6.26 Å². The normalized spacial score (nSPS) is 13.5. The van der Waals surface area contributed by atoms with Gasteiger partial charge in [-0.2, -0.15) is 0 Å². The largest absolute Gasteiger partial charge is 0.469 e. The van der Waals surface area contributed by atoms with Crippen molar-refractivity contribution in [2.45, 2.75) is 46.6 Å². The average molecular weight is 237 g/mol. The van der Waals surface area contributed by atoms with Crippen molar-refractivity contribution in [1.82, 2.24) is 4.90 Å². The molecule has 0 bridgehead atoms. The minimum absolute atomic E-state index is 0.106. The van der Waals surface area contributed by atoms with Gasteiger partial charge in [-0.3, -0.25) is 4.79 Å². The lowest BCUT2D eigenvalue weighted by Crippen LogP contribution is -2.43. The summed E-state index contributed by atoms with van der Waals surface area (Å²) < 4.78 is 5.22. The van der Waals surface area contributed by atoms with E-state index in [1.165, 1.54) is 0 Å². The predicted molar refractivity (Wildman–Crippen MR) is 68.7 cm³/mol. The predicted octanol–water partition coefficient (Wildman–Crippen LogP) is 3.11. The van der Waals surface area contributed by atoms with Gasteiger partial charge in [-0.25, -0.2) is 0 Å². The van der Waals surface area contributed by atoms with Crippen LogP contribution in [0.3, 0.4) is 0 Å². The third-order valence-corrected chi connectivity index (χ3v) is 3.39. The van der Waals surface area contributed by atoms with E-state index in [0.717, 1.165) is 5.76 Å². The third kappa shape index (κ3) is 3.91. The van der Waals surface area contributed by atoms with Gasteiger partial charge in [0.25, 0.3) is 0 Å². The number of furan rings is 1. The highest BCUT2D eigenvalue weighted by atomic mass is 16.3. The van der Waals surface area contributed by atoms with Crippen LogP contribution in [0.1, 0.15) is 39.9 Å². The number of amides is 1. The van der Waals surface area contributed by atoms with Crippen LogP contribution in [0.5, 0.6) is 0 Å². The Morgan fingerprint density at radius 1 is 1.47 bits per heavy atom. The van der Waals surface area contributed by atoms with Gasteiger partial charge in [-0.05, 0) is 24.5 Å². The van der Waals surface area contributed by atoms with Gasteiger partial charge >= 0.3 is 0 Å². The topological polar surface area (TPSA) is 33.5 Å². The molecule has 1 amide bonds. The molecule has 0 aliphatic heterocycles. The van der Waals surface area contributed by atoms with Crippen molar-refractivity contribution in [3.63, 3.8) is 0 Å². The second-order valence-electron chi connectivity index (χ2n) is 5.63. The number of carbonyl (C=O) groups excluding carboxylic acids is 1. The van der Waals surface area contributed by atoms with E-state index in [9.17, 15) is 4.79 Å². The number of hydrogen-bond donors (Lipinski definition) is 0. The Kier molecular flexibility index (Phi) is 4.38. The summed E-state index contributed by atoms with van der Waals surface area (Å²) in [5.41, 5.74) is 0.106.